The smallest absolute Gasteiger partial charge is 0.127 e. The Balaban J connectivity index is 1.91. The summed E-state index contributed by atoms with van der Waals surface area (Å²) in [6.45, 7) is 0. The standard InChI is InChI=1S/C17H14O/c1-3-7-14-12(5-1)9-10-17-15(14)11-13-6-2-4-8-16(13)18-17/h1-8,11,17H,9-10H2. The number of ether oxygens (including phenoxy) is 1. The molecule has 0 fully saturated rings. The zero-order valence-electron chi connectivity index (χ0n) is 10.1. The normalized spacial score (nSPS) is 20.0. The Bertz CT molecular complexity index is 640. The lowest BCUT2D eigenvalue weighted by Gasteiger charge is -2.32. The molecule has 0 spiro atoms. The summed E-state index contributed by atoms with van der Waals surface area (Å²) in [5, 5.41) is 0. The molecule has 0 N–H and O–H groups in total. The molecule has 18 heavy (non-hydrogen) atoms. The van der Waals surface area contributed by atoms with E-state index in [-0.39, 0.29) is 6.10 Å². The monoisotopic (exact) mass is 234 g/mol. The first-order valence-corrected chi connectivity index (χ1v) is 6.47. The van der Waals surface area contributed by atoms with Crippen LogP contribution < -0.4 is 4.74 Å². The zero-order valence-corrected chi connectivity index (χ0v) is 10.1. The van der Waals surface area contributed by atoms with Gasteiger partial charge in [0, 0.05) is 11.1 Å². The number of benzene rings is 2. The molecule has 2 aromatic carbocycles. The Labute approximate surface area is 107 Å². The summed E-state index contributed by atoms with van der Waals surface area (Å²) in [7, 11) is 0. The minimum atomic E-state index is 0.231. The van der Waals surface area contributed by atoms with Gasteiger partial charge in [-0.25, -0.2) is 0 Å². The molecule has 1 unspecified atom stereocenters. The summed E-state index contributed by atoms with van der Waals surface area (Å²) >= 11 is 0. The van der Waals surface area contributed by atoms with Crippen molar-refractivity contribution in [1.29, 1.82) is 0 Å². The minimum Gasteiger partial charge on any atom is -0.485 e. The Hall–Kier alpha value is -2.02. The van der Waals surface area contributed by atoms with Crippen LogP contribution in [0.15, 0.2) is 48.5 Å². The first-order valence-electron chi connectivity index (χ1n) is 6.47. The summed E-state index contributed by atoms with van der Waals surface area (Å²) in [5.41, 5.74) is 5.35. The van der Waals surface area contributed by atoms with Gasteiger partial charge in [0.25, 0.3) is 0 Å². The van der Waals surface area contributed by atoms with Gasteiger partial charge in [-0.15, -0.1) is 0 Å². The van der Waals surface area contributed by atoms with E-state index in [1.54, 1.807) is 0 Å². The number of hydrogen-bond acceptors (Lipinski definition) is 1. The third-order valence-corrected chi connectivity index (χ3v) is 3.85. The third-order valence-electron chi connectivity index (χ3n) is 3.85. The quantitative estimate of drug-likeness (QED) is 0.671. The van der Waals surface area contributed by atoms with E-state index in [0.717, 1.165) is 18.6 Å². The van der Waals surface area contributed by atoms with Crippen LogP contribution in [0.25, 0.3) is 11.6 Å². The molecule has 1 aliphatic heterocycles. The molecule has 88 valence electrons. The molecule has 2 aliphatic rings. The molecule has 4 rings (SSSR count). The maximum atomic E-state index is 6.12. The molecule has 1 heterocycles. The largest absolute Gasteiger partial charge is 0.485 e. The summed E-state index contributed by atoms with van der Waals surface area (Å²) in [6, 6.07) is 17.0. The summed E-state index contributed by atoms with van der Waals surface area (Å²) in [4.78, 5) is 0. The van der Waals surface area contributed by atoms with Gasteiger partial charge in [-0.1, -0.05) is 42.5 Å². The van der Waals surface area contributed by atoms with Crippen molar-refractivity contribution >= 4 is 11.6 Å². The van der Waals surface area contributed by atoms with Crippen molar-refractivity contribution < 1.29 is 4.74 Å². The molecule has 2 aromatic rings. The number of hydrogen-bond donors (Lipinski definition) is 0. The number of aryl methyl sites for hydroxylation is 1. The summed E-state index contributed by atoms with van der Waals surface area (Å²) in [6.07, 6.45) is 4.72. The first kappa shape index (κ1) is 9.95. The van der Waals surface area contributed by atoms with Crippen molar-refractivity contribution in [2.24, 2.45) is 0 Å². The molecule has 0 radical (unpaired) electrons. The van der Waals surface area contributed by atoms with E-state index in [2.05, 4.69) is 48.5 Å². The maximum absolute atomic E-state index is 6.12. The van der Waals surface area contributed by atoms with Crippen molar-refractivity contribution in [3.05, 3.63) is 65.2 Å². The molecular weight excluding hydrogens is 220 g/mol. The summed E-state index contributed by atoms with van der Waals surface area (Å²) in [5.74, 6) is 1.02. The van der Waals surface area contributed by atoms with Crippen LogP contribution in [-0.2, 0) is 6.42 Å². The van der Waals surface area contributed by atoms with Crippen LogP contribution in [0.1, 0.15) is 23.1 Å². The lowest BCUT2D eigenvalue weighted by molar-refractivity contribution is 0.241. The summed E-state index contributed by atoms with van der Waals surface area (Å²) < 4.78 is 6.12. The first-order chi connectivity index (χ1) is 8.92. The third kappa shape index (κ3) is 1.40. The zero-order chi connectivity index (χ0) is 11.9. The van der Waals surface area contributed by atoms with Crippen molar-refractivity contribution in [1.82, 2.24) is 0 Å². The van der Waals surface area contributed by atoms with Crippen LogP contribution in [-0.4, -0.2) is 6.10 Å². The molecule has 1 aliphatic carbocycles. The van der Waals surface area contributed by atoms with Crippen molar-refractivity contribution in [2.45, 2.75) is 18.9 Å². The highest BCUT2D eigenvalue weighted by atomic mass is 16.5. The number of fused-ring (bicyclic) bond motifs is 4. The molecular formula is C17H14O. The maximum Gasteiger partial charge on any atom is 0.127 e. The van der Waals surface area contributed by atoms with Gasteiger partial charge >= 0.3 is 0 Å². The van der Waals surface area contributed by atoms with Crippen LogP contribution in [0.5, 0.6) is 5.75 Å². The van der Waals surface area contributed by atoms with E-state index in [1.165, 1.54) is 22.3 Å². The Morgan fingerprint density at radius 2 is 1.78 bits per heavy atom. The van der Waals surface area contributed by atoms with E-state index in [0.29, 0.717) is 0 Å². The van der Waals surface area contributed by atoms with Crippen LogP contribution in [0.3, 0.4) is 0 Å². The second kappa shape index (κ2) is 3.74. The second-order valence-corrected chi connectivity index (χ2v) is 4.94. The van der Waals surface area contributed by atoms with E-state index < -0.39 is 0 Å². The Morgan fingerprint density at radius 3 is 2.78 bits per heavy atom. The molecule has 0 saturated carbocycles. The Kier molecular flexibility index (Phi) is 2.07. The van der Waals surface area contributed by atoms with Crippen molar-refractivity contribution in [3.8, 4) is 5.75 Å². The average Bonchev–Trinajstić information content (AvgIpc) is 2.45. The number of para-hydroxylation sites is 1. The lowest BCUT2D eigenvalue weighted by atomic mass is 9.83. The predicted octanol–water partition coefficient (Wildman–Crippen LogP) is 3.93. The molecule has 0 amide bonds. The molecule has 0 saturated heterocycles. The van der Waals surface area contributed by atoms with Gasteiger partial charge in [0.15, 0.2) is 0 Å². The Morgan fingerprint density at radius 1 is 0.944 bits per heavy atom. The van der Waals surface area contributed by atoms with E-state index in [1.807, 2.05) is 6.07 Å². The highest BCUT2D eigenvalue weighted by Crippen LogP contribution is 2.40. The highest BCUT2D eigenvalue weighted by molar-refractivity contribution is 5.89. The average molecular weight is 234 g/mol. The second-order valence-electron chi connectivity index (χ2n) is 4.94. The van der Waals surface area contributed by atoms with E-state index >= 15 is 0 Å². The van der Waals surface area contributed by atoms with Gasteiger partial charge in [0.05, 0.1) is 0 Å². The molecule has 1 nitrogen and oxygen atoms in total. The van der Waals surface area contributed by atoms with Crippen molar-refractivity contribution in [2.75, 3.05) is 0 Å². The predicted molar refractivity (Wildman–Crippen MR) is 73.5 cm³/mol. The van der Waals surface area contributed by atoms with Crippen molar-refractivity contribution in [3.63, 3.8) is 0 Å². The number of rotatable bonds is 0. The fourth-order valence-electron chi connectivity index (χ4n) is 2.96. The molecule has 0 aromatic heterocycles. The van der Waals surface area contributed by atoms with Gasteiger partial charge in [0.1, 0.15) is 11.9 Å². The van der Waals surface area contributed by atoms with Gasteiger partial charge in [-0.3, -0.25) is 0 Å². The van der Waals surface area contributed by atoms with Gasteiger partial charge in [-0.05, 0) is 36.1 Å². The fourth-order valence-corrected chi connectivity index (χ4v) is 2.96. The van der Waals surface area contributed by atoms with E-state index in [9.17, 15) is 0 Å². The fraction of sp³-hybridized carbons (Fsp3) is 0.176. The van der Waals surface area contributed by atoms with Crippen LogP contribution >= 0.6 is 0 Å². The van der Waals surface area contributed by atoms with Gasteiger partial charge < -0.3 is 4.74 Å². The topological polar surface area (TPSA) is 9.23 Å². The minimum absolute atomic E-state index is 0.231. The SMILES string of the molecule is C1=C2c3ccccc3CCC2Oc2ccccc21. The van der Waals surface area contributed by atoms with E-state index in [4.69, 9.17) is 4.74 Å². The van der Waals surface area contributed by atoms with Gasteiger partial charge in [0.2, 0.25) is 0 Å². The molecule has 0 bridgehead atoms. The lowest BCUT2D eigenvalue weighted by Crippen LogP contribution is -2.26. The van der Waals surface area contributed by atoms with Crippen LogP contribution in [0.4, 0.5) is 0 Å². The van der Waals surface area contributed by atoms with Crippen LogP contribution in [0.2, 0.25) is 0 Å². The van der Waals surface area contributed by atoms with Gasteiger partial charge in [-0.2, -0.15) is 0 Å². The highest BCUT2D eigenvalue weighted by Gasteiger charge is 2.28. The molecule has 1 atom stereocenters. The van der Waals surface area contributed by atoms with Crippen LogP contribution in [0, 0.1) is 0 Å². The molecule has 1 heteroatoms.